The van der Waals surface area contributed by atoms with Crippen LogP contribution in [-0.4, -0.2) is 29.7 Å². The Labute approximate surface area is 105 Å². The Bertz CT molecular complexity index is 554. The van der Waals surface area contributed by atoms with Crippen molar-refractivity contribution in [2.24, 2.45) is 5.10 Å². The van der Waals surface area contributed by atoms with Crippen molar-refractivity contribution in [3.8, 4) is 0 Å². The molecule has 0 bridgehead atoms. The van der Waals surface area contributed by atoms with Gasteiger partial charge in [-0.1, -0.05) is 12.1 Å². The third-order valence-electron chi connectivity index (χ3n) is 2.33. The fraction of sp³-hybridized carbons (Fsp3) is 0.182. The minimum atomic E-state index is -4.44. The molecule has 1 fully saturated rings. The Balaban J connectivity index is 2.15. The number of amides is 3. The van der Waals surface area contributed by atoms with Gasteiger partial charge in [0.15, 0.2) is 0 Å². The van der Waals surface area contributed by atoms with Gasteiger partial charge in [0.25, 0.3) is 0 Å². The summed E-state index contributed by atoms with van der Waals surface area (Å²) in [6.07, 6.45) is -3.35. The lowest BCUT2D eigenvalue weighted by molar-refractivity contribution is -0.137. The molecule has 19 heavy (non-hydrogen) atoms. The molecular weight excluding hydrogens is 263 g/mol. The number of hydrogen-bond donors (Lipinski definition) is 1. The van der Waals surface area contributed by atoms with Crippen LogP contribution in [0.5, 0.6) is 0 Å². The first-order valence-corrected chi connectivity index (χ1v) is 5.19. The van der Waals surface area contributed by atoms with E-state index in [-0.39, 0.29) is 12.1 Å². The Kier molecular flexibility index (Phi) is 3.24. The first kappa shape index (κ1) is 13.1. The molecule has 0 spiro atoms. The number of benzene rings is 1. The van der Waals surface area contributed by atoms with Gasteiger partial charge in [-0.05, 0) is 17.7 Å². The second-order valence-electron chi connectivity index (χ2n) is 3.78. The maximum atomic E-state index is 12.5. The summed E-state index contributed by atoms with van der Waals surface area (Å²) < 4.78 is 37.4. The van der Waals surface area contributed by atoms with Gasteiger partial charge in [-0.25, -0.2) is 9.80 Å². The molecule has 1 aromatic rings. The van der Waals surface area contributed by atoms with Gasteiger partial charge >= 0.3 is 12.2 Å². The van der Waals surface area contributed by atoms with Crippen LogP contribution < -0.4 is 5.32 Å². The summed E-state index contributed by atoms with van der Waals surface area (Å²) in [4.78, 5) is 22.0. The molecule has 0 atom stereocenters. The molecule has 1 N–H and O–H groups in total. The molecule has 100 valence electrons. The normalized spacial score (nSPS) is 16.3. The van der Waals surface area contributed by atoms with E-state index in [4.69, 9.17) is 0 Å². The molecule has 0 saturated carbocycles. The highest BCUT2D eigenvalue weighted by Crippen LogP contribution is 2.29. The second kappa shape index (κ2) is 4.71. The predicted octanol–water partition coefficient (Wildman–Crippen LogP) is 1.59. The lowest BCUT2D eigenvalue weighted by Gasteiger charge is -2.07. The summed E-state index contributed by atoms with van der Waals surface area (Å²) in [6, 6.07) is 3.78. The van der Waals surface area contributed by atoms with Crippen molar-refractivity contribution < 1.29 is 22.8 Å². The maximum absolute atomic E-state index is 12.5. The lowest BCUT2D eigenvalue weighted by Crippen LogP contribution is -2.24. The van der Waals surface area contributed by atoms with Crippen molar-refractivity contribution in [1.82, 2.24) is 10.3 Å². The molecule has 0 aromatic heterocycles. The SMILES string of the molecule is O=C1CN(/N=C\c2cccc(C(F)(F)F)c2)C(=O)N1. The zero-order valence-corrected chi connectivity index (χ0v) is 9.44. The van der Waals surface area contributed by atoms with Gasteiger partial charge in [0.1, 0.15) is 6.54 Å². The number of hydrogen-bond acceptors (Lipinski definition) is 3. The molecule has 8 heteroatoms. The smallest absolute Gasteiger partial charge is 0.275 e. The highest BCUT2D eigenvalue weighted by Gasteiger charge is 2.30. The van der Waals surface area contributed by atoms with Crippen LogP contribution in [0.3, 0.4) is 0 Å². The van der Waals surface area contributed by atoms with Crippen molar-refractivity contribution in [2.75, 3.05) is 6.54 Å². The monoisotopic (exact) mass is 271 g/mol. The molecular formula is C11H8F3N3O2. The van der Waals surface area contributed by atoms with E-state index in [0.717, 1.165) is 23.4 Å². The molecule has 1 aliphatic rings. The number of carbonyl (C=O) groups is 2. The van der Waals surface area contributed by atoms with Crippen molar-refractivity contribution in [1.29, 1.82) is 0 Å². The number of imide groups is 1. The van der Waals surface area contributed by atoms with Gasteiger partial charge in [0, 0.05) is 0 Å². The Morgan fingerprint density at radius 2 is 2.05 bits per heavy atom. The summed E-state index contributed by atoms with van der Waals surface area (Å²) in [7, 11) is 0. The van der Waals surface area contributed by atoms with Crippen LogP contribution in [0.15, 0.2) is 29.4 Å². The Hall–Kier alpha value is -2.38. The van der Waals surface area contributed by atoms with Gasteiger partial charge in [-0.15, -0.1) is 0 Å². The molecule has 1 aliphatic heterocycles. The van der Waals surface area contributed by atoms with Crippen molar-refractivity contribution in [3.63, 3.8) is 0 Å². The number of urea groups is 1. The van der Waals surface area contributed by atoms with E-state index in [1.807, 2.05) is 5.32 Å². The second-order valence-corrected chi connectivity index (χ2v) is 3.78. The van der Waals surface area contributed by atoms with Gasteiger partial charge in [-0.3, -0.25) is 10.1 Å². The number of nitrogens with zero attached hydrogens (tertiary/aromatic N) is 2. The van der Waals surface area contributed by atoms with E-state index in [0.29, 0.717) is 0 Å². The third-order valence-corrected chi connectivity index (χ3v) is 2.33. The molecule has 2 rings (SSSR count). The predicted molar refractivity (Wildman–Crippen MR) is 59.3 cm³/mol. The Morgan fingerprint density at radius 3 is 2.63 bits per heavy atom. The van der Waals surface area contributed by atoms with E-state index in [1.54, 1.807) is 0 Å². The van der Waals surface area contributed by atoms with Gasteiger partial charge in [-0.2, -0.15) is 18.3 Å². The van der Waals surface area contributed by atoms with Crippen LogP contribution in [0.4, 0.5) is 18.0 Å². The van der Waals surface area contributed by atoms with Crippen LogP contribution in [0, 0.1) is 0 Å². The molecule has 1 aromatic carbocycles. The van der Waals surface area contributed by atoms with Crippen molar-refractivity contribution in [2.45, 2.75) is 6.18 Å². The minimum Gasteiger partial charge on any atom is -0.275 e. The van der Waals surface area contributed by atoms with Gasteiger partial charge in [0.2, 0.25) is 5.91 Å². The van der Waals surface area contributed by atoms with Crippen LogP contribution in [0.2, 0.25) is 0 Å². The highest BCUT2D eigenvalue weighted by molar-refractivity contribution is 6.02. The van der Waals surface area contributed by atoms with E-state index in [2.05, 4.69) is 5.10 Å². The van der Waals surface area contributed by atoms with E-state index in [9.17, 15) is 22.8 Å². The minimum absolute atomic E-state index is 0.182. The summed E-state index contributed by atoms with van der Waals surface area (Å²) in [5.74, 6) is -0.508. The number of hydrazone groups is 1. The molecule has 3 amide bonds. The molecule has 1 heterocycles. The average molecular weight is 271 g/mol. The number of alkyl halides is 3. The summed E-state index contributed by atoms with van der Waals surface area (Å²) in [5.41, 5.74) is -0.625. The van der Waals surface area contributed by atoms with Crippen molar-refractivity contribution >= 4 is 18.2 Å². The molecule has 1 saturated heterocycles. The van der Waals surface area contributed by atoms with Crippen LogP contribution in [0.1, 0.15) is 11.1 Å². The number of carbonyl (C=O) groups excluding carboxylic acids is 2. The summed E-state index contributed by atoms with van der Waals surface area (Å²) >= 11 is 0. The van der Waals surface area contributed by atoms with Crippen LogP contribution in [0.25, 0.3) is 0 Å². The molecule has 0 aliphatic carbocycles. The summed E-state index contributed by atoms with van der Waals surface area (Å²) in [5, 5.41) is 6.49. The number of nitrogens with one attached hydrogen (secondary N) is 1. The molecule has 5 nitrogen and oxygen atoms in total. The maximum Gasteiger partial charge on any atom is 0.416 e. The van der Waals surface area contributed by atoms with Gasteiger partial charge < -0.3 is 0 Å². The largest absolute Gasteiger partial charge is 0.416 e. The van der Waals surface area contributed by atoms with E-state index in [1.165, 1.54) is 12.1 Å². The molecule has 0 unspecified atom stereocenters. The lowest BCUT2D eigenvalue weighted by atomic mass is 10.1. The van der Waals surface area contributed by atoms with E-state index < -0.39 is 23.7 Å². The van der Waals surface area contributed by atoms with E-state index >= 15 is 0 Å². The fourth-order valence-corrected chi connectivity index (χ4v) is 1.46. The Morgan fingerprint density at radius 1 is 1.32 bits per heavy atom. The quantitative estimate of drug-likeness (QED) is 0.656. The van der Waals surface area contributed by atoms with Crippen LogP contribution in [-0.2, 0) is 11.0 Å². The van der Waals surface area contributed by atoms with Gasteiger partial charge in [0.05, 0.1) is 11.8 Å². The van der Waals surface area contributed by atoms with Crippen molar-refractivity contribution in [3.05, 3.63) is 35.4 Å². The number of halogens is 3. The van der Waals surface area contributed by atoms with Crippen LogP contribution >= 0.6 is 0 Å². The first-order valence-electron chi connectivity index (χ1n) is 5.19. The fourth-order valence-electron chi connectivity index (χ4n) is 1.46. The highest BCUT2D eigenvalue weighted by atomic mass is 19.4. The molecule has 0 radical (unpaired) electrons. The zero-order valence-electron chi connectivity index (χ0n) is 9.44. The standard InChI is InChI=1S/C11H8F3N3O2/c12-11(13,14)8-3-1-2-7(4-8)5-15-17-6-9(18)16-10(17)19/h1-5H,6H2,(H,16,18,19)/b15-5-. The summed E-state index contributed by atoms with van der Waals surface area (Å²) in [6.45, 7) is -0.242. The first-order chi connectivity index (χ1) is 8.86. The zero-order chi connectivity index (χ0) is 14.0. The topological polar surface area (TPSA) is 61.8 Å². The average Bonchev–Trinajstić information content (AvgIpc) is 2.64. The third kappa shape index (κ3) is 3.09. The number of rotatable bonds is 2.